The highest BCUT2D eigenvalue weighted by Crippen LogP contribution is 2.26. The zero-order valence-corrected chi connectivity index (χ0v) is 16.9. The van der Waals surface area contributed by atoms with Gasteiger partial charge in [-0.25, -0.2) is 4.39 Å². The molecule has 0 aromatic heterocycles. The lowest BCUT2D eigenvalue weighted by Crippen LogP contribution is -2.22. The van der Waals surface area contributed by atoms with Gasteiger partial charge in [-0.05, 0) is 74.5 Å². The fraction of sp³-hybridized carbons (Fsp3) is 0.130. The molecule has 1 atom stereocenters. The number of aryl methyl sites for hydroxylation is 1. The second-order valence-corrected chi connectivity index (χ2v) is 8.02. The van der Waals surface area contributed by atoms with Crippen molar-refractivity contribution < 1.29 is 14.0 Å². The van der Waals surface area contributed by atoms with Gasteiger partial charge in [0.1, 0.15) is 5.82 Å². The quantitative estimate of drug-likeness (QED) is 0.529. The summed E-state index contributed by atoms with van der Waals surface area (Å²) in [5.74, 6) is -0.681. The van der Waals surface area contributed by atoms with E-state index in [1.54, 1.807) is 25.1 Å². The summed E-state index contributed by atoms with van der Waals surface area (Å²) in [7, 11) is 0. The third kappa shape index (κ3) is 5.93. The smallest absolute Gasteiger partial charge is 0.255 e. The molecule has 0 radical (unpaired) electrons. The SMILES string of the molecule is Cc1cccc(C(=O)Nc2ccc(SC(C)C(=O)Nc3ccc(F)cc3)cc2)c1. The monoisotopic (exact) mass is 408 g/mol. The number of thioether (sulfide) groups is 1. The molecule has 0 aliphatic heterocycles. The largest absolute Gasteiger partial charge is 0.325 e. The van der Waals surface area contributed by atoms with Crippen LogP contribution >= 0.6 is 11.8 Å². The van der Waals surface area contributed by atoms with Crippen LogP contribution in [-0.4, -0.2) is 17.1 Å². The van der Waals surface area contributed by atoms with Crippen molar-refractivity contribution >= 4 is 35.0 Å². The number of amides is 2. The van der Waals surface area contributed by atoms with Crippen molar-refractivity contribution in [2.24, 2.45) is 0 Å². The first-order valence-corrected chi connectivity index (χ1v) is 10.00. The average molecular weight is 408 g/mol. The number of halogens is 1. The van der Waals surface area contributed by atoms with Crippen LogP contribution in [0.5, 0.6) is 0 Å². The number of rotatable bonds is 6. The number of carbonyl (C=O) groups is 2. The second-order valence-electron chi connectivity index (χ2n) is 6.60. The number of benzene rings is 3. The van der Waals surface area contributed by atoms with Gasteiger partial charge in [-0.15, -0.1) is 11.8 Å². The zero-order chi connectivity index (χ0) is 20.8. The van der Waals surface area contributed by atoms with E-state index < -0.39 is 0 Å². The van der Waals surface area contributed by atoms with Gasteiger partial charge in [-0.2, -0.15) is 0 Å². The number of carbonyl (C=O) groups excluding carboxylic acids is 2. The maximum Gasteiger partial charge on any atom is 0.255 e. The van der Waals surface area contributed by atoms with Gasteiger partial charge in [0.15, 0.2) is 0 Å². The van der Waals surface area contributed by atoms with Crippen molar-refractivity contribution in [2.45, 2.75) is 24.0 Å². The predicted octanol–water partition coefficient (Wildman–Crippen LogP) is 5.51. The molecule has 0 heterocycles. The molecule has 2 amide bonds. The van der Waals surface area contributed by atoms with Crippen LogP contribution in [0.4, 0.5) is 15.8 Å². The molecule has 0 aliphatic carbocycles. The Morgan fingerprint density at radius 2 is 1.52 bits per heavy atom. The van der Waals surface area contributed by atoms with E-state index in [4.69, 9.17) is 0 Å². The molecule has 3 rings (SSSR count). The van der Waals surface area contributed by atoms with Crippen LogP contribution in [0.15, 0.2) is 77.7 Å². The first-order valence-electron chi connectivity index (χ1n) is 9.12. The molecular weight excluding hydrogens is 387 g/mol. The summed E-state index contributed by atoms with van der Waals surface area (Å²) in [5, 5.41) is 5.29. The highest BCUT2D eigenvalue weighted by Gasteiger charge is 2.15. The molecule has 3 aromatic rings. The number of anilines is 2. The summed E-state index contributed by atoms with van der Waals surface area (Å²) >= 11 is 1.40. The summed E-state index contributed by atoms with van der Waals surface area (Å²) in [5.41, 5.74) is 2.87. The van der Waals surface area contributed by atoms with Gasteiger partial charge in [0.2, 0.25) is 5.91 Å². The Morgan fingerprint density at radius 1 is 0.897 bits per heavy atom. The lowest BCUT2D eigenvalue weighted by molar-refractivity contribution is -0.115. The van der Waals surface area contributed by atoms with Gasteiger partial charge in [0.05, 0.1) is 5.25 Å². The third-order valence-corrected chi connectivity index (χ3v) is 5.30. The summed E-state index contributed by atoms with van der Waals surface area (Å²) in [6.07, 6.45) is 0. The van der Waals surface area contributed by atoms with E-state index in [1.165, 1.54) is 36.0 Å². The molecule has 0 bridgehead atoms. The predicted molar refractivity (Wildman–Crippen MR) is 116 cm³/mol. The molecule has 0 saturated heterocycles. The molecule has 0 saturated carbocycles. The average Bonchev–Trinajstić information content (AvgIpc) is 2.71. The summed E-state index contributed by atoms with van der Waals surface area (Å²) in [6.45, 7) is 3.74. The van der Waals surface area contributed by atoms with Crippen LogP contribution in [0.2, 0.25) is 0 Å². The maximum atomic E-state index is 13.0. The lowest BCUT2D eigenvalue weighted by Gasteiger charge is -2.12. The van der Waals surface area contributed by atoms with Crippen molar-refractivity contribution in [3.05, 3.63) is 89.7 Å². The summed E-state index contributed by atoms with van der Waals surface area (Å²) in [4.78, 5) is 25.5. The van der Waals surface area contributed by atoms with Crippen molar-refractivity contribution in [1.29, 1.82) is 0 Å². The minimum Gasteiger partial charge on any atom is -0.325 e. The van der Waals surface area contributed by atoms with E-state index >= 15 is 0 Å². The molecular formula is C23H21FN2O2S. The van der Waals surface area contributed by atoms with E-state index in [0.29, 0.717) is 16.9 Å². The van der Waals surface area contributed by atoms with Crippen LogP contribution in [0.25, 0.3) is 0 Å². The van der Waals surface area contributed by atoms with Crippen molar-refractivity contribution in [2.75, 3.05) is 10.6 Å². The van der Waals surface area contributed by atoms with Crippen LogP contribution in [0.1, 0.15) is 22.8 Å². The molecule has 3 aromatic carbocycles. The number of hydrogen-bond acceptors (Lipinski definition) is 3. The Bertz CT molecular complexity index is 1000. The zero-order valence-electron chi connectivity index (χ0n) is 16.1. The van der Waals surface area contributed by atoms with Crippen LogP contribution in [-0.2, 0) is 4.79 Å². The molecule has 4 nitrogen and oxygen atoms in total. The van der Waals surface area contributed by atoms with Crippen LogP contribution in [0.3, 0.4) is 0 Å². The summed E-state index contributed by atoms with van der Waals surface area (Å²) < 4.78 is 13.0. The van der Waals surface area contributed by atoms with E-state index in [-0.39, 0.29) is 22.9 Å². The number of hydrogen-bond donors (Lipinski definition) is 2. The Labute approximate surface area is 173 Å². The van der Waals surface area contributed by atoms with E-state index in [1.807, 2.05) is 37.3 Å². The van der Waals surface area contributed by atoms with Gasteiger partial charge in [-0.3, -0.25) is 9.59 Å². The first-order chi connectivity index (χ1) is 13.9. The maximum absolute atomic E-state index is 13.0. The van der Waals surface area contributed by atoms with Crippen molar-refractivity contribution in [3.8, 4) is 0 Å². The molecule has 0 spiro atoms. The summed E-state index contributed by atoms with van der Waals surface area (Å²) in [6, 6.07) is 20.4. The molecule has 29 heavy (non-hydrogen) atoms. The fourth-order valence-corrected chi connectivity index (χ4v) is 3.51. The van der Waals surface area contributed by atoms with Gasteiger partial charge in [-0.1, -0.05) is 17.7 Å². The van der Waals surface area contributed by atoms with Gasteiger partial charge in [0.25, 0.3) is 5.91 Å². The molecule has 1 unspecified atom stereocenters. The standard InChI is InChI=1S/C23H21FN2O2S/c1-15-4-3-5-17(14-15)23(28)26-20-10-12-21(13-11-20)29-16(2)22(27)25-19-8-6-18(24)7-9-19/h3-14,16H,1-2H3,(H,25,27)(H,26,28). The Kier molecular flexibility index (Phi) is 6.67. The van der Waals surface area contributed by atoms with Crippen molar-refractivity contribution in [1.82, 2.24) is 0 Å². The van der Waals surface area contributed by atoms with E-state index in [9.17, 15) is 14.0 Å². The van der Waals surface area contributed by atoms with E-state index in [2.05, 4.69) is 10.6 Å². The third-order valence-electron chi connectivity index (χ3n) is 4.19. The highest BCUT2D eigenvalue weighted by atomic mass is 32.2. The topological polar surface area (TPSA) is 58.2 Å². The molecule has 2 N–H and O–H groups in total. The van der Waals surface area contributed by atoms with Gasteiger partial charge >= 0.3 is 0 Å². The fourth-order valence-electron chi connectivity index (χ4n) is 2.64. The van der Waals surface area contributed by atoms with Gasteiger partial charge < -0.3 is 10.6 Å². The second kappa shape index (κ2) is 9.39. The number of nitrogens with one attached hydrogen (secondary N) is 2. The van der Waals surface area contributed by atoms with E-state index in [0.717, 1.165) is 10.5 Å². The normalized spacial score (nSPS) is 11.6. The van der Waals surface area contributed by atoms with Crippen molar-refractivity contribution in [3.63, 3.8) is 0 Å². The van der Waals surface area contributed by atoms with Crippen LogP contribution in [0, 0.1) is 12.7 Å². The Hall–Kier alpha value is -3.12. The van der Waals surface area contributed by atoms with Crippen LogP contribution < -0.4 is 10.6 Å². The highest BCUT2D eigenvalue weighted by molar-refractivity contribution is 8.00. The van der Waals surface area contributed by atoms with Gasteiger partial charge in [0, 0.05) is 21.8 Å². The first kappa shape index (κ1) is 20.6. The molecule has 148 valence electrons. The molecule has 6 heteroatoms. The Morgan fingerprint density at radius 3 is 2.17 bits per heavy atom. The lowest BCUT2D eigenvalue weighted by atomic mass is 10.1. The molecule has 0 aliphatic rings. The Balaban J connectivity index is 1.56. The minimum atomic E-state index is -0.347. The molecule has 0 fully saturated rings. The minimum absolute atomic E-state index is 0.166.